The van der Waals surface area contributed by atoms with E-state index < -0.39 is 20.2 Å². The van der Waals surface area contributed by atoms with Crippen molar-refractivity contribution in [3.05, 3.63) is 82.9 Å². The summed E-state index contributed by atoms with van der Waals surface area (Å²) in [5, 5.41) is 3.10. The molecule has 0 aliphatic rings. The molecule has 0 saturated heterocycles. The maximum absolute atomic E-state index is 12.2. The predicted molar refractivity (Wildman–Crippen MR) is 313 cm³/mol. The van der Waals surface area contributed by atoms with Crippen LogP contribution in [0.1, 0.15) is 281 Å². The monoisotopic (exact) mass is 1070 g/mol. The number of hydrogen-bond donors (Lipinski definition) is 0. The van der Waals surface area contributed by atoms with Crippen molar-refractivity contribution in [1.82, 2.24) is 0 Å². The molecule has 4 rings (SSSR count). The van der Waals surface area contributed by atoms with E-state index in [9.17, 15) is 25.9 Å². The van der Waals surface area contributed by atoms with Crippen LogP contribution in [0.4, 0.5) is 0 Å². The molecule has 0 aliphatic heterocycles. The number of benzene rings is 4. The minimum atomic E-state index is -4.53. The Balaban J connectivity index is 0.000000493. The van der Waals surface area contributed by atoms with Crippen LogP contribution in [0.3, 0.4) is 0 Å². The quantitative estimate of drug-likeness (QED) is 0.0248. The molecule has 4 aromatic carbocycles. The van der Waals surface area contributed by atoms with Crippen molar-refractivity contribution >= 4 is 79.5 Å². The SMILES string of the molecule is CCCCCCCCCCCc1cc(S(=O)(=O)[O-])c2c(CCCCCCCCCCC)cccc2c1.CCCCCCCCCCCc1cc(S(=O)(=O)[O-])c2c(CCCCCCCCCCC)cccc2c1.[Ca+2]. The van der Waals surface area contributed by atoms with E-state index in [1.165, 1.54) is 180 Å². The van der Waals surface area contributed by atoms with Gasteiger partial charge >= 0.3 is 37.7 Å². The Morgan fingerprint density at radius 1 is 0.315 bits per heavy atom. The van der Waals surface area contributed by atoms with E-state index in [0.29, 0.717) is 10.8 Å². The number of fused-ring (bicyclic) bond motifs is 2. The Bertz CT molecular complexity index is 2100. The van der Waals surface area contributed by atoms with Crippen LogP contribution >= 0.6 is 0 Å². The molecule has 0 N–H and O–H groups in total. The number of rotatable bonds is 42. The topological polar surface area (TPSA) is 114 Å². The molecule has 0 saturated carbocycles. The molecule has 0 unspecified atom stereocenters. The summed E-state index contributed by atoms with van der Waals surface area (Å²) in [5.41, 5.74) is 3.94. The second kappa shape index (κ2) is 41.6. The van der Waals surface area contributed by atoms with Gasteiger partial charge in [-0.3, -0.25) is 0 Å². The molecule has 0 bridgehead atoms. The minimum Gasteiger partial charge on any atom is -0.744 e. The van der Waals surface area contributed by atoms with E-state index in [1.807, 2.05) is 36.4 Å². The summed E-state index contributed by atoms with van der Waals surface area (Å²) in [5.74, 6) is 0. The number of aryl methyl sites for hydroxylation is 4. The predicted octanol–water partition coefficient (Wildman–Crippen LogP) is 19.4. The molecule has 0 atom stereocenters. The molecule has 0 spiro atoms. The Hall–Kier alpha value is -1.52. The van der Waals surface area contributed by atoms with Crippen molar-refractivity contribution in [2.24, 2.45) is 0 Å². The third kappa shape index (κ3) is 29.2. The molecular weight excluding hydrogens is 969 g/mol. The van der Waals surface area contributed by atoms with Crippen LogP contribution in [-0.4, -0.2) is 63.7 Å². The minimum absolute atomic E-state index is 0. The van der Waals surface area contributed by atoms with Gasteiger partial charge in [-0.25, -0.2) is 16.8 Å². The summed E-state index contributed by atoms with van der Waals surface area (Å²) in [6.07, 6.45) is 48.6. The van der Waals surface area contributed by atoms with E-state index in [4.69, 9.17) is 0 Å². The Kier molecular flexibility index (Phi) is 38.5. The zero-order valence-corrected chi connectivity index (χ0v) is 50.9. The van der Waals surface area contributed by atoms with E-state index >= 15 is 0 Å². The van der Waals surface area contributed by atoms with E-state index in [0.717, 1.165) is 110 Å². The van der Waals surface area contributed by atoms with Gasteiger partial charge in [0.15, 0.2) is 0 Å². The largest absolute Gasteiger partial charge is 2.00 e. The van der Waals surface area contributed by atoms with Gasteiger partial charge in [0, 0.05) is 10.8 Å². The Morgan fingerprint density at radius 2 is 0.548 bits per heavy atom. The van der Waals surface area contributed by atoms with E-state index in [-0.39, 0.29) is 47.5 Å². The fraction of sp³-hybridized carbons (Fsp3) is 0.688. The molecule has 0 fully saturated rings. The average Bonchev–Trinajstić information content (AvgIpc) is 3.35. The van der Waals surface area contributed by atoms with Crippen molar-refractivity contribution in [1.29, 1.82) is 0 Å². The van der Waals surface area contributed by atoms with Gasteiger partial charge in [0.05, 0.1) is 9.79 Å². The summed E-state index contributed by atoms with van der Waals surface area (Å²) in [4.78, 5) is -0.0325. The molecule has 9 heteroatoms. The van der Waals surface area contributed by atoms with Gasteiger partial charge in [0.2, 0.25) is 0 Å². The van der Waals surface area contributed by atoms with Crippen molar-refractivity contribution in [2.45, 2.75) is 294 Å². The van der Waals surface area contributed by atoms with Gasteiger partial charge in [0.25, 0.3) is 0 Å². The van der Waals surface area contributed by atoms with E-state index in [1.54, 1.807) is 12.1 Å². The third-order valence-electron chi connectivity index (χ3n) is 14.9. The third-order valence-corrected chi connectivity index (χ3v) is 16.7. The second-order valence-electron chi connectivity index (χ2n) is 21.4. The molecule has 408 valence electrons. The summed E-state index contributed by atoms with van der Waals surface area (Å²) < 4.78 is 73.5. The van der Waals surface area contributed by atoms with Gasteiger partial charge in [0.1, 0.15) is 20.2 Å². The molecule has 0 radical (unpaired) electrons. The first-order valence-corrected chi connectivity index (χ1v) is 32.8. The van der Waals surface area contributed by atoms with Crippen molar-refractivity contribution in [3.8, 4) is 0 Å². The fourth-order valence-electron chi connectivity index (χ4n) is 10.7. The van der Waals surface area contributed by atoms with Crippen molar-refractivity contribution in [3.63, 3.8) is 0 Å². The second-order valence-corrected chi connectivity index (χ2v) is 24.1. The standard InChI is InChI=1S/2C32H52O3S.Ca/c2*1-3-5-7-9-11-13-15-17-19-22-28-26-30-25-21-24-29(32(30)31(27-28)36(33,34)35)23-20-18-16-14-12-10-8-6-4-2;/h2*21,24-27H,3-20,22-23H2,1-2H3,(H,33,34,35);/q;;+2/p-2. The summed E-state index contributed by atoms with van der Waals surface area (Å²) in [6, 6.07) is 19.5. The molecule has 0 aliphatic carbocycles. The molecule has 0 heterocycles. The smallest absolute Gasteiger partial charge is 0.744 e. The first kappa shape index (κ1) is 67.6. The molecule has 0 aromatic heterocycles. The maximum atomic E-state index is 12.2. The molecule has 6 nitrogen and oxygen atoms in total. The van der Waals surface area contributed by atoms with Gasteiger partial charge in [-0.15, -0.1) is 0 Å². The summed E-state index contributed by atoms with van der Waals surface area (Å²) in [7, 11) is -9.05. The normalized spacial score (nSPS) is 11.8. The van der Waals surface area contributed by atoms with Crippen molar-refractivity contribution in [2.75, 3.05) is 0 Å². The molecule has 0 amide bonds. The van der Waals surface area contributed by atoms with E-state index in [2.05, 4.69) is 39.8 Å². The zero-order chi connectivity index (χ0) is 52.1. The van der Waals surface area contributed by atoms with Crippen LogP contribution in [0.25, 0.3) is 21.5 Å². The van der Waals surface area contributed by atoms with Crippen LogP contribution in [0, 0.1) is 0 Å². The van der Waals surface area contributed by atoms with Gasteiger partial charge in [-0.1, -0.05) is 282 Å². The van der Waals surface area contributed by atoms with Crippen LogP contribution in [0.15, 0.2) is 70.5 Å². The zero-order valence-electron chi connectivity index (χ0n) is 47.0. The van der Waals surface area contributed by atoms with Crippen LogP contribution in [-0.2, 0) is 45.9 Å². The molecular formula is C64H102CaO6S2. The van der Waals surface area contributed by atoms with Crippen LogP contribution in [0.5, 0.6) is 0 Å². The first-order chi connectivity index (χ1) is 34.9. The van der Waals surface area contributed by atoms with Gasteiger partial charge in [-0.2, -0.15) is 0 Å². The van der Waals surface area contributed by atoms with Gasteiger partial charge < -0.3 is 9.11 Å². The van der Waals surface area contributed by atoms with Gasteiger partial charge in [-0.05, 0) is 96.5 Å². The Labute approximate surface area is 478 Å². The van der Waals surface area contributed by atoms with Crippen molar-refractivity contribution < 1.29 is 25.9 Å². The Morgan fingerprint density at radius 3 is 0.795 bits per heavy atom. The number of unbranched alkanes of at least 4 members (excludes halogenated alkanes) is 32. The summed E-state index contributed by atoms with van der Waals surface area (Å²) in [6.45, 7) is 8.98. The average molecular weight is 1070 g/mol. The fourth-order valence-corrected chi connectivity index (χ4v) is 12.3. The first-order valence-electron chi connectivity index (χ1n) is 29.9. The van der Waals surface area contributed by atoms with Crippen LogP contribution < -0.4 is 0 Å². The molecule has 4 aromatic rings. The number of hydrogen-bond acceptors (Lipinski definition) is 6. The summed E-state index contributed by atoms with van der Waals surface area (Å²) >= 11 is 0. The maximum Gasteiger partial charge on any atom is 2.00 e. The van der Waals surface area contributed by atoms with Crippen LogP contribution in [0.2, 0.25) is 0 Å². The molecule has 73 heavy (non-hydrogen) atoms.